The van der Waals surface area contributed by atoms with E-state index in [9.17, 15) is 9.18 Å². The number of halogens is 2. The van der Waals surface area contributed by atoms with E-state index in [2.05, 4.69) is 5.32 Å². The first-order valence-corrected chi connectivity index (χ1v) is 11.6. The number of rotatable bonds is 7. The molecule has 2 aromatic carbocycles. The van der Waals surface area contributed by atoms with Gasteiger partial charge in [-0.1, -0.05) is 25.0 Å². The zero-order valence-electron chi connectivity index (χ0n) is 19.3. The van der Waals surface area contributed by atoms with E-state index in [4.69, 9.17) is 26.0 Å². The molecule has 8 nitrogen and oxygen atoms in total. The quantitative estimate of drug-likeness (QED) is 0.440. The number of amides is 1. The lowest BCUT2D eigenvalue weighted by atomic mass is 10.0. The number of benzene rings is 2. The molecule has 2 heterocycles. The second-order valence-corrected chi connectivity index (χ2v) is 8.89. The molecule has 1 amide bonds. The summed E-state index contributed by atoms with van der Waals surface area (Å²) >= 11 is 0. The summed E-state index contributed by atoms with van der Waals surface area (Å²) in [6, 6.07) is 8.51. The summed E-state index contributed by atoms with van der Waals surface area (Å²) in [5.74, 6) is -0.934. The number of carbonyl (C=O) groups excluding carboxylic acids is 1. The average molecular weight is 484 g/mol. The van der Waals surface area contributed by atoms with Crippen molar-refractivity contribution in [1.29, 1.82) is 0 Å². The van der Waals surface area contributed by atoms with Gasteiger partial charge in [-0.25, -0.2) is 13.5 Å². The Morgan fingerprint density at radius 2 is 1.97 bits per heavy atom. The van der Waals surface area contributed by atoms with Crippen molar-refractivity contribution in [2.75, 3.05) is 12.8 Å². The van der Waals surface area contributed by atoms with Crippen LogP contribution in [0.2, 0.25) is 0 Å². The number of ether oxygens (including phenoxy) is 2. The van der Waals surface area contributed by atoms with E-state index in [1.54, 1.807) is 12.1 Å². The van der Waals surface area contributed by atoms with E-state index in [0.717, 1.165) is 31.7 Å². The van der Waals surface area contributed by atoms with E-state index in [-0.39, 0.29) is 35.6 Å². The molecule has 184 valence electrons. The van der Waals surface area contributed by atoms with Crippen LogP contribution in [0.4, 0.5) is 14.6 Å². The standard InChI is InChI=1S/C25H27F2N5O3/c1-34-19-9-8-15(26)11-17(19)25(33)30-12-14-7-6-13(10-18(14)27)21-20(22-24(29)35-22)23(28)32(31-21)16-4-2-3-5-16/h6-11,16,22,24H,2-5,12,28-29H2,1H3,(H,30,33). The molecule has 1 saturated heterocycles. The van der Waals surface area contributed by atoms with Crippen molar-refractivity contribution >= 4 is 11.7 Å². The Morgan fingerprint density at radius 1 is 1.23 bits per heavy atom. The van der Waals surface area contributed by atoms with E-state index < -0.39 is 23.8 Å². The number of nitrogens with two attached hydrogens (primary N) is 2. The van der Waals surface area contributed by atoms with Crippen molar-refractivity contribution in [1.82, 2.24) is 15.1 Å². The lowest BCUT2D eigenvalue weighted by molar-refractivity contribution is 0.0947. The predicted molar refractivity (Wildman–Crippen MR) is 125 cm³/mol. The lowest BCUT2D eigenvalue weighted by Crippen LogP contribution is -2.24. The number of aromatic nitrogens is 2. The molecule has 2 fully saturated rings. The largest absolute Gasteiger partial charge is 0.496 e. The molecule has 1 aromatic heterocycles. The van der Waals surface area contributed by atoms with Crippen molar-refractivity contribution in [3.63, 3.8) is 0 Å². The van der Waals surface area contributed by atoms with Gasteiger partial charge in [-0.15, -0.1) is 0 Å². The Hall–Kier alpha value is -3.50. The highest BCUT2D eigenvalue weighted by atomic mass is 19.1. The molecule has 0 radical (unpaired) electrons. The molecule has 35 heavy (non-hydrogen) atoms. The Morgan fingerprint density at radius 3 is 2.63 bits per heavy atom. The van der Waals surface area contributed by atoms with Crippen LogP contribution in [0.15, 0.2) is 36.4 Å². The minimum Gasteiger partial charge on any atom is -0.496 e. The number of methoxy groups -OCH3 is 1. The van der Waals surface area contributed by atoms with Crippen LogP contribution in [0.25, 0.3) is 11.3 Å². The number of hydrogen-bond donors (Lipinski definition) is 3. The molecule has 2 unspecified atom stereocenters. The van der Waals surface area contributed by atoms with Crippen LogP contribution < -0.4 is 21.5 Å². The summed E-state index contributed by atoms with van der Waals surface area (Å²) in [6.07, 6.45) is 3.38. The monoisotopic (exact) mass is 483 g/mol. The summed E-state index contributed by atoms with van der Waals surface area (Å²) < 4.78 is 41.1. The number of nitrogen functional groups attached to an aromatic ring is 1. The molecule has 0 bridgehead atoms. The Balaban J connectivity index is 1.38. The molecule has 2 atom stereocenters. The van der Waals surface area contributed by atoms with Crippen molar-refractivity contribution in [2.45, 2.75) is 50.6 Å². The third kappa shape index (κ3) is 4.46. The number of nitrogens with one attached hydrogen (secondary N) is 1. The van der Waals surface area contributed by atoms with Crippen LogP contribution in [-0.2, 0) is 11.3 Å². The van der Waals surface area contributed by atoms with Gasteiger partial charge in [-0.2, -0.15) is 5.10 Å². The molecule has 1 aliphatic carbocycles. The predicted octanol–water partition coefficient (Wildman–Crippen LogP) is 3.82. The lowest BCUT2D eigenvalue weighted by Gasteiger charge is -2.11. The van der Waals surface area contributed by atoms with Crippen LogP contribution in [0.1, 0.15) is 59.3 Å². The summed E-state index contributed by atoms with van der Waals surface area (Å²) in [6.45, 7) is -0.0905. The topological polar surface area (TPSA) is 121 Å². The van der Waals surface area contributed by atoms with Crippen molar-refractivity contribution in [2.24, 2.45) is 5.73 Å². The van der Waals surface area contributed by atoms with Gasteiger partial charge in [0.2, 0.25) is 0 Å². The van der Waals surface area contributed by atoms with Gasteiger partial charge < -0.3 is 26.3 Å². The molecule has 2 aliphatic rings. The van der Waals surface area contributed by atoms with Crippen LogP contribution in [0.3, 0.4) is 0 Å². The van der Waals surface area contributed by atoms with E-state index in [0.29, 0.717) is 22.6 Å². The van der Waals surface area contributed by atoms with Crippen molar-refractivity contribution in [3.05, 3.63) is 64.7 Å². The highest BCUT2D eigenvalue weighted by molar-refractivity contribution is 5.96. The van der Waals surface area contributed by atoms with Crippen LogP contribution >= 0.6 is 0 Å². The molecule has 1 saturated carbocycles. The van der Waals surface area contributed by atoms with Gasteiger partial charge in [0, 0.05) is 17.7 Å². The third-order valence-electron chi connectivity index (χ3n) is 6.64. The summed E-state index contributed by atoms with van der Waals surface area (Å²) in [5.41, 5.74) is 14.4. The average Bonchev–Trinajstić information content (AvgIpc) is 3.22. The first-order chi connectivity index (χ1) is 16.9. The minimum absolute atomic E-state index is 0.0304. The van der Waals surface area contributed by atoms with Gasteiger partial charge in [-0.05, 0) is 37.1 Å². The second kappa shape index (κ2) is 9.27. The number of nitrogens with zero attached hydrogens (tertiary/aromatic N) is 2. The second-order valence-electron chi connectivity index (χ2n) is 8.89. The third-order valence-corrected chi connectivity index (χ3v) is 6.64. The maximum atomic E-state index is 15.1. The van der Waals surface area contributed by atoms with Gasteiger partial charge in [0.05, 0.1) is 24.3 Å². The number of hydrogen-bond acceptors (Lipinski definition) is 6. The molecule has 3 aromatic rings. The molecule has 1 aliphatic heterocycles. The van der Waals surface area contributed by atoms with Gasteiger partial charge in [0.15, 0.2) is 0 Å². The SMILES string of the molecule is COc1ccc(F)cc1C(=O)NCc1ccc(-c2nn(C3CCCC3)c(N)c2C2OC2N)cc1F. The highest BCUT2D eigenvalue weighted by Gasteiger charge is 2.43. The maximum absolute atomic E-state index is 15.1. The summed E-state index contributed by atoms with van der Waals surface area (Å²) in [7, 11) is 1.39. The van der Waals surface area contributed by atoms with Crippen LogP contribution in [0, 0.1) is 11.6 Å². The smallest absolute Gasteiger partial charge is 0.255 e. The number of anilines is 1. The maximum Gasteiger partial charge on any atom is 0.255 e. The van der Waals surface area contributed by atoms with Gasteiger partial charge in [0.25, 0.3) is 5.91 Å². The molecule has 10 heteroatoms. The van der Waals surface area contributed by atoms with Crippen molar-refractivity contribution < 1.29 is 23.0 Å². The zero-order chi connectivity index (χ0) is 24.7. The first kappa shape index (κ1) is 23.3. The van der Waals surface area contributed by atoms with Crippen LogP contribution in [-0.4, -0.2) is 29.0 Å². The van der Waals surface area contributed by atoms with E-state index in [1.807, 2.05) is 4.68 Å². The fourth-order valence-electron chi connectivity index (χ4n) is 4.70. The van der Waals surface area contributed by atoms with E-state index >= 15 is 4.39 Å². The zero-order valence-corrected chi connectivity index (χ0v) is 19.3. The van der Waals surface area contributed by atoms with Gasteiger partial charge >= 0.3 is 0 Å². The van der Waals surface area contributed by atoms with Crippen molar-refractivity contribution in [3.8, 4) is 17.0 Å². The Labute approximate surface area is 201 Å². The highest BCUT2D eigenvalue weighted by Crippen LogP contribution is 2.45. The van der Waals surface area contributed by atoms with Gasteiger partial charge in [0.1, 0.15) is 41.2 Å². The Kier molecular flexibility index (Phi) is 6.16. The van der Waals surface area contributed by atoms with Crippen LogP contribution in [0.5, 0.6) is 5.75 Å². The minimum atomic E-state index is -0.574. The fraction of sp³-hybridized carbons (Fsp3) is 0.360. The number of epoxide rings is 1. The molecular formula is C25H27F2N5O3. The first-order valence-electron chi connectivity index (χ1n) is 11.6. The molecule has 0 spiro atoms. The molecular weight excluding hydrogens is 456 g/mol. The summed E-state index contributed by atoms with van der Waals surface area (Å²) in [5, 5.41) is 7.35. The Bertz CT molecular complexity index is 1270. The normalized spacial score (nSPS) is 19.7. The summed E-state index contributed by atoms with van der Waals surface area (Å²) in [4.78, 5) is 12.5. The van der Waals surface area contributed by atoms with E-state index in [1.165, 1.54) is 25.3 Å². The fourth-order valence-corrected chi connectivity index (χ4v) is 4.70. The number of carbonyl (C=O) groups is 1. The molecule has 5 N–H and O–H groups in total. The van der Waals surface area contributed by atoms with Gasteiger partial charge in [-0.3, -0.25) is 4.79 Å². The molecule has 5 rings (SSSR count).